The zero-order valence-corrected chi connectivity index (χ0v) is 11.4. The van der Waals surface area contributed by atoms with Gasteiger partial charge in [0.25, 0.3) is 0 Å². The van der Waals surface area contributed by atoms with Gasteiger partial charge < -0.3 is 14.1 Å². The van der Waals surface area contributed by atoms with Gasteiger partial charge in [0.15, 0.2) is 0 Å². The Balaban J connectivity index is 2.20. The van der Waals surface area contributed by atoms with Crippen molar-refractivity contribution in [1.29, 1.82) is 0 Å². The summed E-state index contributed by atoms with van der Waals surface area (Å²) < 4.78 is 11.5. The summed E-state index contributed by atoms with van der Waals surface area (Å²) in [6.07, 6.45) is 0. The molecule has 1 aliphatic rings. The van der Waals surface area contributed by atoms with Crippen molar-refractivity contribution < 1.29 is 9.15 Å². The van der Waals surface area contributed by atoms with E-state index >= 15 is 0 Å². The molecule has 1 saturated heterocycles. The molecule has 0 amide bonds. The third kappa shape index (κ3) is 2.90. The number of morpholine rings is 1. The second-order valence-electron chi connectivity index (χ2n) is 5.59. The van der Waals surface area contributed by atoms with Crippen LogP contribution in [0, 0.1) is 0 Å². The van der Waals surface area contributed by atoms with Crippen LogP contribution in [0.15, 0.2) is 4.42 Å². The van der Waals surface area contributed by atoms with Gasteiger partial charge in [-0.1, -0.05) is 5.10 Å². The van der Waals surface area contributed by atoms with Crippen molar-refractivity contribution in [3.63, 3.8) is 0 Å². The van der Waals surface area contributed by atoms with E-state index in [1.807, 2.05) is 4.90 Å². The molecule has 2 heterocycles. The van der Waals surface area contributed by atoms with Gasteiger partial charge in [-0.3, -0.25) is 0 Å². The third-order valence-electron chi connectivity index (χ3n) is 2.54. The zero-order valence-electron chi connectivity index (χ0n) is 10.7. The molecule has 96 valence electrons. The normalized spacial score (nSPS) is 22.8. The predicted octanol–water partition coefficient (Wildman–Crippen LogP) is 2.20. The van der Waals surface area contributed by atoms with E-state index in [1.54, 1.807) is 0 Å². The maximum absolute atomic E-state index is 5.99. The Labute approximate surface area is 106 Å². The Hall–Kier alpha value is -0.810. The van der Waals surface area contributed by atoms with Crippen LogP contribution in [0.4, 0.5) is 6.01 Å². The number of rotatable bonds is 2. The largest absolute Gasteiger partial charge is 0.407 e. The fourth-order valence-corrected chi connectivity index (χ4v) is 2.46. The highest BCUT2D eigenvalue weighted by molar-refractivity contribution is 6.16. The minimum atomic E-state index is -0.239. The number of nitrogens with zero attached hydrogens (tertiary/aromatic N) is 3. The lowest BCUT2D eigenvalue weighted by Crippen LogP contribution is -2.57. The van der Waals surface area contributed by atoms with Crippen molar-refractivity contribution in [3.05, 3.63) is 5.89 Å². The van der Waals surface area contributed by atoms with E-state index < -0.39 is 0 Å². The number of halogens is 1. The summed E-state index contributed by atoms with van der Waals surface area (Å²) in [7, 11) is 0. The molecule has 0 spiro atoms. The Kier molecular flexibility index (Phi) is 3.08. The highest BCUT2D eigenvalue weighted by Gasteiger charge is 2.39. The first kappa shape index (κ1) is 12.6. The zero-order chi connectivity index (χ0) is 12.7. The summed E-state index contributed by atoms with van der Waals surface area (Å²) in [5, 5.41) is 7.89. The molecule has 6 heteroatoms. The molecule has 5 nitrogen and oxygen atoms in total. The molecule has 0 unspecified atom stereocenters. The number of alkyl halides is 1. The summed E-state index contributed by atoms with van der Waals surface area (Å²) in [5.74, 6) is 0.688. The van der Waals surface area contributed by atoms with Crippen LogP contribution in [0.5, 0.6) is 0 Å². The lowest BCUT2D eigenvalue weighted by molar-refractivity contribution is -0.134. The number of ether oxygens (including phenoxy) is 1. The molecule has 1 aromatic rings. The summed E-state index contributed by atoms with van der Waals surface area (Å²) >= 11 is 5.65. The minimum absolute atomic E-state index is 0.239. The molecular formula is C11H18ClN3O2. The summed E-state index contributed by atoms with van der Waals surface area (Å²) in [6.45, 7) is 9.67. The van der Waals surface area contributed by atoms with Crippen molar-refractivity contribution in [1.82, 2.24) is 10.2 Å². The maximum atomic E-state index is 5.99. The second-order valence-corrected chi connectivity index (χ2v) is 5.86. The van der Waals surface area contributed by atoms with Crippen LogP contribution in [0.1, 0.15) is 33.6 Å². The van der Waals surface area contributed by atoms with Gasteiger partial charge in [-0.15, -0.1) is 16.7 Å². The van der Waals surface area contributed by atoms with E-state index in [4.69, 9.17) is 20.8 Å². The SMILES string of the molecule is CC1(C)CN(c2nnc(CCl)o2)CC(C)(C)O1. The van der Waals surface area contributed by atoms with E-state index in [0.29, 0.717) is 11.9 Å². The van der Waals surface area contributed by atoms with Crippen LogP contribution < -0.4 is 4.90 Å². The van der Waals surface area contributed by atoms with Gasteiger partial charge in [0.2, 0.25) is 5.89 Å². The first-order valence-electron chi connectivity index (χ1n) is 5.65. The predicted molar refractivity (Wildman–Crippen MR) is 65.3 cm³/mol. The first-order valence-corrected chi connectivity index (χ1v) is 6.18. The second kappa shape index (κ2) is 4.14. The molecule has 2 rings (SSSR count). The number of anilines is 1. The molecule has 1 fully saturated rings. The summed E-state index contributed by atoms with van der Waals surface area (Å²) in [6, 6.07) is 0.519. The van der Waals surface area contributed by atoms with Crippen LogP contribution in [0.2, 0.25) is 0 Å². The lowest BCUT2D eigenvalue weighted by atomic mass is 9.99. The van der Waals surface area contributed by atoms with Crippen LogP contribution in [0.3, 0.4) is 0 Å². The Morgan fingerprint density at radius 2 is 1.76 bits per heavy atom. The third-order valence-corrected chi connectivity index (χ3v) is 2.77. The van der Waals surface area contributed by atoms with Crippen molar-refractivity contribution >= 4 is 17.6 Å². The number of hydrogen-bond donors (Lipinski definition) is 0. The molecule has 1 aliphatic heterocycles. The standard InChI is InChI=1S/C11H18ClN3O2/c1-10(2)6-15(7-11(3,4)17-10)9-14-13-8(5-12)16-9/h5-7H2,1-4H3. The highest BCUT2D eigenvalue weighted by atomic mass is 35.5. The lowest BCUT2D eigenvalue weighted by Gasteiger charge is -2.46. The van der Waals surface area contributed by atoms with Gasteiger partial charge in [-0.2, -0.15) is 0 Å². The van der Waals surface area contributed by atoms with E-state index in [-0.39, 0.29) is 17.1 Å². The van der Waals surface area contributed by atoms with Crippen molar-refractivity contribution in [2.24, 2.45) is 0 Å². The molecule has 0 atom stereocenters. The number of hydrogen-bond acceptors (Lipinski definition) is 5. The van der Waals surface area contributed by atoms with E-state index in [2.05, 4.69) is 37.9 Å². The molecule has 0 aliphatic carbocycles. The fraction of sp³-hybridized carbons (Fsp3) is 0.818. The van der Waals surface area contributed by atoms with Gasteiger partial charge >= 0.3 is 6.01 Å². The molecule has 0 saturated carbocycles. The van der Waals surface area contributed by atoms with E-state index in [1.165, 1.54) is 0 Å². The molecule has 1 aromatic heterocycles. The van der Waals surface area contributed by atoms with Gasteiger partial charge in [-0.05, 0) is 27.7 Å². The van der Waals surface area contributed by atoms with Gasteiger partial charge in [0.05, 0.1) is 24.3 Å². The minimum Gasteiger partial charge on any atom is -0.407 e. The molecule has 0 radical (unpaired) electrons. The average molecular weight is 260 g/mol. The smallest absolute Gasteiger partial charge is 0.318 e. The fourth-order valence-electron chi connectivity index (χ4n) is 2.35. The van der Waals surface area contributed by atoms with Gasteiger partial charge in [0.1, 0.15) is 5.88 Å². The van der Waals surface area contributed by atoms with Crippen molar-refractivity contribution in [3.8, 4) is 0 Å². The van der Waals surface area contributed by atoms with Crippen LogP contribution >= 0.6 is 11.6 Å². The van der Waals surface area contributed by atoms with Crippen LogP contribution in [-0.4, -0.2) is 34.5 Å². The molecule has 0 N–H and O–H groups in total. The highest BCUT2D eigenvalue weighted by Crippen LogP contribution is 2.30. The Morgan fingerprint density at radius 3 is 2.24 bits per heavy atom. The Morgan fingerprint density at radius 1 is 1.18 bits per heavy atom. The molecular weight excluding hydrogens is 242 g/mol. The molecule has 17 heavy (non-hydrogen) atoms. The van der Waals surface area contributed by atoms with Crippen LogP contribution in [-0.2, 0) is 10.6 Å². The maximum Gasteiger partial charge on any atom is 0.318 e. The quantitative estimate of drug-likeness (QED) is 0.762. The number of aromatic nitrogens is 2. The van der Waals surface area contributed by atoms with E-state index in [0.717, 1.165) is 13.1 Å². The van der Waals surface area contributed by atoms with Crippen molar-refractivity contribution in [2.45, 2.75) is 44.8 Å². The Bertz CT molecular complexity index is 387. The molecule has 0 aromatic carbocycles. The van der Waals surface area contributed by atoms with Crippen molar-refractivity contribution in [2.75, 3.05) is 18.0 Å². The summed E-state index contributed by atoms with van der Waals surface area (Å²) in [5.41, 5.74) is -0.477. The van der Waals surface area contributed by atoms with Crippen LogP contribution in [0.25, 0.3) is 0 Å². The first-order chi connectivity index (χ1) is 7.81. The topological polar surface area (TPSA) is 51.4 Å². The summed E-state index contributed by atoms with van der Waals surface area (Å²) in [4.78, 5) is 2.05. The van der Waals surface area contributed by atoms with Gasteiger partial charge in [-0.25, -0.2) is 0 Å². The average Bonchev–Trinajstić information content (AvgIpc) is 2.60. The van der Waals surface area contributed by atoms with E-state index in [9.17, 15) is 0 Å². The van der Waals surface area contributed by atoms with Gasteiger partial charge in [0, 0.05) is 0 Å². The monoisotopic (exact) mass is 259 g/mol. The molecule has 0 bridgehead atoms.